The number of aromatic nitrogens is 2. The Morgan fingerprint density at radius 1 is 1.62 bits per heavy atom. The molecule has 0 fully saturated rings. The van der Waals surface area contributed by atoms with E-state index in [1.54, 1.807) is 24.2 Å². The van der Waals surface area contributed by atoms with E-state index in [4.69, 9.17) is 5.84 Å². The van der Waals surface area contributed by atoms with Gasteiger partial charge in [-0.3, -0.25) is 4.98 Å². The molecule has 1 heterocycles. The predicted molar refractivity (Wildman–Crippen MR) is 55.5 cm³/mol. The van der Waals surface area contributed by atoms with E-state index in [0.29, 0.717) is 11.1 Å². The lowest BCUT2D eigenvalue weighted by Gasteiger charge is -2.07. The predicted octanol–water partition coefficient (Wildman–Crippen LogP) is 1.65. The maximum atomic E-state index is 5.22. The van der Waals surface area contributed by atoms with Gasteiger partial charge in [-0.05, 0) is 6.42 Å². The lowest BCUT2D eigenvalue weighted by molar-refractivity contribution is 0.898. The van der Waals surface area contributed by atoms with E-state index in [1.807, 2.05) is 0 Å². The van der Waals surface area contributed by atoms with Crippen molar-refractivity contribution in [3.05, 3.63) is 12.4 Å². The van der Waals surface area contributed by atoms with Crippen LogP contribution in [0.25, 0.3) is 0 Å². The van der Waals surface area contributed by atoms with Gasteiger partial charge in [-0.1, -0.05) is 13.8 Å². The summed E-state index contributed by atoms with van der Waals surface area (Å²) in [6.45, 7) is 4.31. The third-order valence-electron chi connectivity index (χ3n) is 1.66. The third-order valence-corrected chi connectivity index (χ3v) is 2.83. The second kappa shape index (κ2) is 5.04. The second-order valence-corrected chi connectivity index (χ2v) is 4.18. The first-order valence-corrected chi connectivity index (χ1v) is 5.09. The maximum Gasteiger partial charge on any atom is 0.159 e. The van der Waals surface area contributed by atoms with Gasteiger partial charge in [0.05, 0.1) is 12.4 Å². The number of hydrogen-bond acceptors (Lipinski definition) is 5. The fraction of sp³-hybridized carbons (Fsp3) is 0.500. The van der Waals surface area contributed by atoms with Gasteiger partial charge in [0.15, 0.2) is 5.82 Å². The van der Waals surface area contributed by atoms with Crippen molar-refractivity contribution in [2.24, 2.45) is 5.84 Å². The molecule has 0 saturated carbocycles. The number of thioether (sulfide) groups is 1. The molecule has 0 aliphatic carbocycles. The van der Waals surface area contributed by atoms with Crippen molar-refractivity contribution >= 4 is 17.6 Å². The van der Waals surface area contributed by atoms with Crippen LogP contribution in [0.5, 0.6) is 0 Å². The van der Waals surface area contributed by atoms with Gasteiger partial charge in [0, 0.05) is 5.25 Å². The summed E-state index contributed by atoms with van der Waals surface area (Å²) >= 11 is 1.70. The van der Waals surface area contributed by atoms with Gasteiger partial charge >= 0.3 is 0 Å². The smallest absolute Gasteiger partial charge is 0.159 e. The zero-order valence-corrected chi connectivity index (χ0v) is 8.64. The van der Waals surface area contributed by atoms with Gasteiger partial charge in [0.25, 0.3) is 0 Å². The molecule has 13 heavy (non-hydrogen) atoms. The van der Waals surface area contributed by atoms with Crippen molar-refractivity contribution in [2.75, 3.05) is 5.43 Å². The zero-order valence-electron chi connectivity index (χ0n) is 7.82. The number of nitrogen functional groups attached to an aromatic ring is 1. The summed E-state index contributed by atoms with van der Waals surface area (Å²) in [5.41, 5.74) is 2.47. The number of hydrogen-bond donors (Lipinski definition) is 2. The summed E-state index contributed by atoms with van der Waals surface area (Å²) in [6, 6.07) is 0. The molecule has 0 amide bonds. The highest BCUT2D eigenvalue weighted by molar-refractivity contribution is 7.99. The average Bonchev–Trinajstić information content (AvgIpc) is 2.18. The Labute approximate surface area is 82.3 Å². The van der Waals surface area contributed by atoms with Crippen LogP contribution >= 0.6 is 11.8 Å². The van der Waals surface area contributed by atoms with Crippen LogP contribution < -0.4 is 11.3 Å². The molecule has 0 saturated heterocycles. The highest BCUT2D eigenvalue weighted by atomic mass is 32.2. The highest BCUT2D eigenvalue weighted by Gasteiger charge is 2.03. The Kier molecular flexibility index (Phi) is 3.98. The van der Waals surface area contributed by atoms with Crippen LogP contribution in [0.3, 0.4) is 0 Å². The highest BCUT2D eigenvalue weighted by Crippen LogP contribution is 2.22. The zero-order chi connectivity index (χ0) is 9.68. The largest absolute Gasteiger partial charge is 0.307 e. The maximum absolute atomic E-state index is 5.22. The Hall–Kier alpha value is -0.810. The van der Waals surface area contributed by atoms with Crippen LogP contribution in [0.1, 0.15) is 20.3 Å². The molecule has 0 aliphatic rings. The molecule has 0 aliphatic heterocycles. The molecule has 0 radical (unpaired) electrons. The molecule has 1 atom stereocenters. The lowest BCUT2D eigenvalue weighted by Crippen LogP contribution is -2.09. The Balaban J connectivity index is 2.66. The number of nitrogens with two attached hydrogens (primary N) is 1. The number of hydrazine groups is 1. The number of rotatable bonds is 4. The van der Waals surface area contributed by atoms with Crippen LogP contribution in [-0.2, 0) is 0 Å². The number of nitrogens with zero attached hydrogens (tertiary/aromatic N) is 2. The minimum Gasteiger partial charge on any atom is -0.307 e. The van der Waals surface area contributed by atoms with Gasteiger partial charge < -0.3 is 5.43 Å². The van der Waals surface area contributed by atoms with Gasteiger partial charge in [-0.2, -0.15) is 0 Å². The Morgan fingerprint density at radius 3 is 3.00 bits per heavy atom. The van der Waals surface area contributed by atoms with E-state index >= 15 is 0 Å². The topological polar surface area (TPSA) is 63.8 Å². The van der Waals surface area contributed by atoms with Crippen molar-refractivity contribution in [3.63, 3.8) is 0 Å². The van der Waals surface area contributed by atoms with E-state index in [0.717, 1.165) is 11.4 Å². The molecule has 1 aromatic rings. The third kappa shape index (κ3) is 3.20. The summed E-state index contributed by atoms with van der Waals surface area (Å²) in [7, 11) is 0. The molecule has 0 spiro atoms. The quantitative estimate of drug-likeness (QED) is 0.437. The van der Waals surface area contributed by atoms with Crippen molar-refractivity contribution < 1.29 is 0 Å². The molecule has 0 aromatic carbocycles. The lowest BCUT2D eigenvalue weighted by atomic mass is 10.4. The standard InChI is InChI=1S/C8H14N4S/c1-3-6(2)13-8-5-10-4-7(11-8)12-9/h4-6H,3,9H2,1-2H3,(H,11,12). The Bertz CT molecular complexity index is 266. The molecule has 1 aromatic heterocycles. The average molecular weight is 198 g/mol. The summed E-state index contributed by atoms with van der Waals surface area (Å²) < 4.78 is 0. The normalized spacial score (nSPS) is 12.5. The fourth-order valence-corrected chi connectivity index (χ4v) is 1.62. The van der Waals surface area contributed by atoms with Gasteiger partial charge in [0.1, 0.15) is 5.03 Å². The monoisotopic (exact) mass is 198 g/mol. The summed E-state index contributed by atoms with van der Waals surface area (Å²) in [5, 5.41) is 1.46. The molecule has 4 nitrogen and oxygen atoms in total. The van der Waals surface area contributed by atoms with E-state index < -0.39 is 0 Å². The van der Waals surface area contributed by atoms with E-state index in [9.17, 15) is 0 Å². The van der Waals surface area contributed by atoms with Crippen LogP contribution in [0, 0.1) is 0 Å². The summed E-state index contributed by atoms with van der Waals surface area (Å²) in [4.78, 5) is 8.26. The molecule has 1 rings (SSSR count). The first kappa shape index (κ1) is 10.3. The van der Waals surface area contributed by atoms with Crippen LogP contribution in [0.15, 0.2) is 17.4 Å². The second-order valence-electron chi connectivity index (χ2n) is 2.72. The van der Waals surface area contributed by atoms with Crippen molar-refractivity contribution in [1.29, 1.82) is 0 Å². The molecule has 5 heteroatoms. The number of anilines is 1. The minimum atomic E-state index is 0.558. The van der Waals surface area contributed by atoms with Crippen molar-refractivity contribution in [3.8, 4) is 0 Å². The van der Waals surface area contributed by atoms with Crippen molar-refractivity contribution in [1.82, 2.24) is 9.97 Å². The molecular weight excluding hydrogens is 184 g/mol. The van der Waals surface area contributed by atoms with Crippen molar-refractivity contribution in [2.45, 2.75) is 30.5 Å². The van der Waals surface area contributed by atoms with E-state index in [2.05, 4.69) is 29.2 Å². The first-order valence-electron chi connectivity index (χ1n) is 4.21. The van der Waals surface area contributed by atoms with Gasteiger partial charge in [-0.15, -0.1) is 11.8 Å². The summed E-state index contributed by atoms with van der Waals surface area (Å²) in [6.07, 6.45) is 4.46. The van der Waals surface area contributed by atoms with Crippen LogP contribution in [-0.4, -0.2) is 15.2 Å². The SMILES string of the molecule is CCC(C)Sc1cncc(NN)n1. The van der Waals surface area contributed by atoms with Crippen LogP contribution in [0.2, 0.25) is 0 Å². The van der Waals surface area contributed by atoms with Gasteiger partial charge in [0.2, 0.25) is 0 Å². The minimum absolute atomic E-state index is 0.558. The van der Waals surface area contributed by atoms with Gasteiger partial charge in [-0.25, -0.2) is 10.8 Å². The molecule has 3 N–H and O–H groups in total. The first-order chi connectivity index (χ1) is 6.26. The Morgan fingerprint density at radius 2 is 2.38 bits per heavy atom. The fourth-order valence-electron chi connectivity index (χ4n) is 0.764. The number of nitrogens with one attached hydrogen (secondary N) is 1. The van der Waals surface area contributed by atoms with E-state index in [1.165, 1.54) is 0 Å². The molecule has 0 bridgehead atoms. The molecular formula is C8H14N4S. The molecule has 1 unspecified atom stereocenters. The molecule has 72 valence electrons. The summed E-state index contributed by atoms with van der Waals surface area (Å²) in [5.74, 6) is 5.83. The van der Waals surface area contributed by atoms with Crippen LogP contribution in [0.4, 0.5) is 5.82 Å². The van der Waals surface area contributed by atoms with E-state index in [-0.39, 0.29) is 0 Å².